The molecular formula is C32H56O4. The number of ether oxygens (including phenoxy) is 2. The smallest absolute Gasteiger partial charge is 0.127 e. The van der Waals surface area contributed by atoms with Crippen molar-refractivity contribution in [1.29, 1.82) is 0 Å². The van der Waals surface area contributed by atoms with Gasteiger partial charge in [-0.1, -0.05) is 72.6 Å². The number of hydrogen-bond donors (Lipinski definition) is 2. The Morgan fingerprint density at radius 3 is 2.03 bits per heavy atom. The molecule has 208 valence electrons. The Kier molecular flexibility index (Phi) is 12.6. The van der Waals surface area contributed by atoms with E-state index in [0.717, 1.165) is 65.2 Å². The first kappa shape index (κ1) is 31.0. The summed E-state index contributed by atoms with van der Waals surface area (Å²) in [5.41, 5.74) is 4.42. The summed E-state index contributed by atoms with van der Waals surface area (Å²) in [6.45, 7) is 17.9. The molecule has 0 aliphatic carbocycles. The van der Waals surface area contributed by atoms with Crippen molar-refractivity contribution in [3.63, 3.8) is 0 Å². The van der Waals surface area contributed by atoms with Gasteiger partial charge in [0, 0.05) is 5.56 Å². The van der Waals surface area contributed by atoms with Crippen LogP contribution in [0.5, 0.6) is 11.5 Å². The van der Waals surface area contributed by atoms with Crippen molar-refractivity contribution in [1.82, 2.24) is 0 Å². The van der Waals surface area contributed by atoms with E-state index in [0.29, 0.717) is 0 Å². The Morgan fingerprint density at radius 1 is 0.861 bits per heavy atom. The number of benzene rings is 1. The summed E-state index contributed by atoms with van der Waals surface area (Å²) in [7, 11) is 0. The van der Waals surface area contributed by atoms with E-state index in [2.05, 4.69) is 55.4 Å². The summed E-state index contributed by atoms with van der Waals surface area (Å²) < 4.78 is 12.6. The van der Waals surface area contributed by atoms with Crippen LogP contribution in [0.2, 0.25) is 0 Å². The second-order valence-electron chi connectivity index (χ2n) is 12.6. The van der Waals surface area contributed by atoms with Gasteiger partial charge in [0.1, 0.15) is 29.8 Å². The average molecular weight is 505 g/mol. The van der Waals surface area contributed by atoms with Gasteiger partial charge in [-0.25, -0.2) is 0 Å². The second-order valence-corrected chi connectivity index (χ2v) is 12.6. The van der Waals surface area contributed by atoms with E-state index in [1.807, 2.05) is 0 Å². The molecule has 1 aromatic carbocycles. The molecule has 1 aliphatic heterocycles. The minimum absolute atomic E-state index is 0.101. The highest BCUT2D eigenvalue weighted by molar-refractivity contribution is 5.59. The number of hydrogen-bond acceptors (Lipinski definition) is 4. The zero-order valence-electron chi connectivity index (χ0n) is 24.7. The Bertz CT molecular complexity index is 802. The molecule has 0 bridgehead atoms. The summed E-state index contributed by atoms with van der Waals surface area (Å²) in [5, 5.41) is 18.8. The third-order valence-electron chi connectivity index (χ3n) is 8.47. The molecule has 1 aromatic rings. The van der Waals surface area contributed by atoms with Crippen molar-refractivity contribution in [2.45, 2.75) is 138 Å². The molecule has 0 fully saturated rings. The molecular weight excluding hydrogens is 448 g/mol. The van der Waals surface area contributed by atoms with Crippen molar-refractivity contribution in [3.8, 4) is 11.5 Å². The maximum atomic E-state index is 9.72. The van der Waals surface area contributed by atoms with Crippen LogP contribution >= 0.6 is 0 Å². The minimum atomic E-state index is -0.861. The fourth-order valence-corrected chi connectivity index (χ4v) is 5.71. The lowest BCUT2D eigenvalue weighted by Gasteiger charge is -2.38. The average Bonchev–Trinajstić information content (AvgIpc) is 2.82. The van der Waals surface area contributed by atoms with Gasteiger partial charge in [-0.15, -0.1) is 0 Å². The molecule has 4 atom stereocenters. The molecule has 0 amide bonds. The molecule has 0 radical (unpaired) electrons. The summed E-state index contributed by atoms with van der Waals surface area (Å²) >= 11 is 0. The van der Waals surface area contributed by atoms with Crippen molar-refractivity contribution < 1.29 is 19.7 Å². The highest BCUT2D eigenvalue weighted by Gasteiger charge is 2.34. The first-order chi connectivity index (χ1) is 17.0. The summed E-state index contributed by atoms with van der Waals surface area (Å²) in [5.74, 6) is 4.35. The second kappa shape index (κ2) is 14.6. The van der Waals surface area contributed by atoms with Crippen LogP contribution in [-0.2, 0) is 6.42 Å². The lowest BCUT2D eigenvalue weighted by Crippen LogP contribution is -2.37. The summed E-state index contributed by atoms with van der Waals surface area (Å²) in [4.78, 5) is 0. The molecule has 1 heterocycles. The fraction of sp³-hybridized carbons (Fsp3) is 0.812. The lowest BCUT2D eigenvalue weighted by molar-refractivity contribution is 0.0484. The predicted molar refractivity (Wildman–Crippen MR) is 151 cm³/mol. The molecule has 2 N–H and O–H groups in total. The monoisotopic (exact) mass is 504 g/mol. The van der Waals surface area contributed by atoms with E-state index >= 15 is 0 Å². The first-order valence-electron chi connectivity index (χ1n) is 14.7. The number of fused-ring (bicyclic) bond motifs is 1. The van der Waals surface area contributed by atoms with E-state index in [1.165, 1.54) is 56.9 Å². The maximum Gasteiger partial charge on any atom is 0.127 e. The number of aliphatic hydroxyl groups is 2. The Balaban J connectivity index is 1.83. The zero-order valence-corrected chi connectivity index (χ0v) is 24.7. The largest absolute Gasteiger partial charge is 0.490 e. The van der Waals surface area contributed by atoms with Crippen LogP contribution in [-0.4, -0.2) is 35.1 Å². The van der Waals surface area contributed by atoms with E-state index in [-0.39, 0.29) is 18.8 Å². The molecule has 0 saturated heterocycles. The van der Waals surface area contributed by atoms with Gasteiger partial charge in [-0.05, 0) is 87.8 Å². The molecule has 1 aliphatic rings. The van der Waals surface area contributed by atoms with E-state index in [1.54, 1.807) is 0 Å². The maximum absolute atomic E-state index is 9.72. The van der Waals surface area contributed by atoms with Crippen LogP contribution in [0.15, 0.2) is 0 Å². The van der Waals surface area contributed by atoms with Gasteiger partial charge in [0.15, 0.2) is 0 Å². The third kappa shape index (κ3) is 9.24. The van der Waals surface area contributed by atoms with E-state index in [4.69, 9.17) is 14.6 Å². The van der Waals surface area contributed by atoms with Gasteiger partial charge in [0.2, 0.25) is 0 Å². The normalized spacial score (nSPS) is 20.1. The number of rotatable bonds is 16. The molecule has 0 aromatic heterocycles. The van der Waals surface area contributed by atoms with Gasteiger partial charge < -0.3 is 19.7 Å². The van der Waals surface area contributed by atoms with Crippen molar-refractivity contribution in [2.24, 2.45) is 17.8 Å². The molecule has 4 nitrogen and oxygen atoms in total. The molecule has 0 saturated carbocycles. The quantitative estimate of drug-likeness (QED) is 0.240. The number of aliphatic hydroxyl groups excluding tert-OH is 2. The van der Waals surface area contributed by atoms with E-state index in [9.17, 15) is 5.11 Å². The van der Waals surface area contributed by atoms with Crippen LogP contribution in [0, 0.1) is 38.5 Å². The standard InChI is InChI=1S/C32H56O4/c1-22(2)12-9-13-23(3)14-10-15-24(4)16-11-18-32(8)19-17-29-27(7)30(35-21-28(34)20-33)25(5)26(6)31(29)36-32/h22-24,28,33-34H,9-21H2,1-8H3. The minimum Gasteiger partial charge on any atom is -0.490 e. The Morgan fingerprint density at radius 2 is 1.44 bits per heavy atom. The van der Waals surface area contributed by atoms with E-state index < -0.39 is 6.10 Å². The Hall–Kier alpha value is -1.26. The predicted octanol–water partition coefficient (Wildman–Crippen LogP) is 7.87. The van der Waals surface area contributed by atoms with Crippen LogP contribution in [0.3, 0.4) is 0 Å². The van der Waals surface area contributed by atoms with Crippen molar-refractivity contribution >= 4 is 0 Å². The molecule has 36 heavy (non-hydrogen) atoms. The van der Waals surface area contributed by atoms with Crippen LogP contribution in [0.25, 0.3) is 0 Å². The highest BCUT2D eigenvalue weighted by atomic mass is 16.5. The topological polar surface area (TPSA) is 58.9 Å². The molecule has 4 heteroatoms. The first-order valence-corrected chi connectivity index (χ1v) is 14.7. The summed E-state index contributed by atoms with van der Waals surface area (Å²) in [6, 6.07) is 0. The third-order valence-corrected chi connectivity index (χ3v) is 8.47. The summed E-state index contributed by atoms with van der Waals surface area (Å²) in [6.07, 6.45) is 13.0. The highest BCUT2D eigenvalue weighted by Crippen LogP contribution is 2.45. The Labute approximate surface area is 222 Å². The molecule has 4 unspecified atom stereocenters. The SMILES string of the molecule is Cc1c(C)c2c(c(C)c1OCC(O)CO)CCC(C)(CCCC(C)CCCC(C)CCCC(C)C)O2. The van der Waals surface area contributed by atoms with Gasteiger partial charge in [0.05, 0.1) is 6.61 Å². The van der Waals surface area contributed by atoms with Gasteiger partial charge in [0.25, 0.3) is 0 Å². The van der Waals surface area contributed by atoms with Crippen LogP contribution < -0.4 is 9.47 Å². The van der Waals surface area contributed by atoms with Crippen molar-refractivity contribution in [3.05, 3.63) is 22.3 Å². The molecule has 0 spiro atoms. The van der Waals surface area contributed by atoms with Gasteiger partial charge in [-0.2, -0.15) is 0 Å². The van der Waals surface area contributed by atoms with Crippen LogP contribution in [0.4, 0.5) is 0 Å². The van der Waals surface area contributed by atoms with Crippen molar-refractivity contribution in [2.75, 3.05) is 13.2 Å². The van der Waals surface area contributed by atoms with Crippen LogP contribution in [0.1, 0.15) is 121 Å². The fourth-order valence-electron chi connectivity index (χ4n) is 5.71. The molecule has 2 rings (SSSR count). The lowest BCUT2D eigenvalue weighted by atomic mass is 9.83. The zero-order chi connectivity index (χ0) is 26.9. The van der Waals surface area contributed by atoms with Gasteiger partial charge in [-0.3, -0.25) is 0 Å². The van der Waals surface area contributed by atoms with Gasteiger partial charge >= 0.3 is 0 Å².